The molecule has 2 heterocycles. The van der Waals surface area contributed by atoms with Crippen molar-refractivity contribution in [2.24, 2.45) is 0 Å². The molecular weight excluding hydrogens is 437 g/mol. The number of carbonyl (C=O) groups is 1. The number of halogens is 3. The van der Waals surface area contributed by atoms with Gasteiger partial charge in [0.15, 0.2) is 0 Å². The zero-order chi connectivity index (χ0) is 19.7. The first-order chi connectivity index (χ1) is 12.8. The van der Waals surface area contributed by atoms with Crippen molar-refractivity contribution in [3.63, 3.8) is 0 Å². The van der Waals surface area contributed by atoms with Crippen LogP contribution < -0.4 is 5.32 Å². The topological polar surface area (TPSA) is 64.7 Å². The minimum Gasteiger partial charge on any atom is -0.321 e. The molecular formula is C18H18BrClFN5O. The van der Waals surface area contributed by atoms with Crippen LogP contribution in [0.1, 0.15) is 29.9 Å². The molecule has 0 aliphatic rings. The van der Waals surface area contributed by atoms with Gasteiger partial charge in [-0.1, -0.05) is 17.7 Å². The summed E-state index contributed by atoms with van der Waals surface area (Å²) >= 11 is 9.43. The largest absolute Gasteiger partial charge is 0.321 e. The third kappa shape index (κ3) is 4.06. The molecule has 0 spiro atoms. The molecule has 3 aromatic rings. The maximum Gasteiger partial charge on any atom is 0.249 e. The smallest absolute Gasteiger partial charge is 0.249 e. The van der Waals surface area contributed by atoms with Crippen LogP contribution in [0.25, 0.3) is 0 Å². The quantitative estimate of drug-likeness (QED) is 0.617. The summed E-state index contributed by atoms with van der Waals surface area (Å²) in [4.78, 5) is 12.6. The standard InChI is InChI=1S/C18H18BrClFN5O/c1-10-17(23-18(27)12(3)25-8-13(19)7-22-25)11(2)26(24-10)9-14-15(20)5-4-6-16(14)21/h4-8,12H,9H2,1-3H3,(H,23,27). The highest BCUT2D eigenvalue weighted by Gasteiger charge is 2.21. The van der Waals surface area contributed by atoms with Crippen LogP contribution in [0, 0.1) is 19.7 Å². The van der Waals surface area contributed by atoms with Crippen molar-refractivity contribution >= 4 is 39.1 Å². The maximum atomic E-state index is 14.1. The molecule has 3 rings (SSSR count). The van der Waals surface area contributed by atoms with E-state index in [1.165, 1.54) is 6.07 Å². The molecule has 0 radical (unpaired) electrons. The molecule has 0 fully saturated rings. The van der Waals surface area contributed by atoms with E-state index in [1.54, 1.807) is 47.7 Å². The lowest BCUT2D eigenvalue weighted by molar-refractivity contribution is -0.119. The first kappa shape index (κ1) is 19.6. The first-order valence-corrected chi connectivity index (χ1v) is 9.42. The van der Waals surface area contributed by atoms with Crippen LogP contribution in [0.3, 0.4) is 0 Å². The predicted octanol–water partition coefficient (Wildman–Crippen LogP) is 4.50. The molecule has 0 saturated carbocycles. The molecule has 1 atom stereocenters. The van der Waals surface area contributed by atoms with Gasteiger partial charge in [-0.25, -0.2) is 4.39 Å². The lowest BCUT2D eigenvalue weighted by atomic mass is 10.2. The number of hydrogen-bond acceptors (Lipinski definition) is 3. The van der Waals surface area contributed by atoms with Crippen molar-refractivity contribution in [3.05, 3.63) is 62.9 Å². The van der Waals surface area contributed by atoms with Crippen LogP contribution in [0.2, 0.25) is 5.02 Å². The lowest BCUT2D eigenvalue weighted by Crippen LogP contribution is -2.24. The van der Waals surface area contributed by atoms with Gasteiger partial charge in [-0.15, -0.1) is 0 Å². The summed E-state index contributed by atoms with van der Waals surface area (Å²) in [5, 5.41) is 11.8. The van der Waals surface area contributed by atoms with Crippen molar-refractivity contribution in [2.75, 3.05) is 5.32 Å². The number of hydrogen-bond donors (Lipinski definition) is 1. The summed E-state index contributed by atoms with van der Waals surface area (Å²) in [6.45, 7) is 5.54. The SMILES string of the molecule is Cc1nn(Cc2c(F)cccc2Cl)c(C)c1NC(=O)C(C)n1cc(Br)cn1. The Balaban J connectivity index is 1.82. The van der Waals surface area contributed by atoms with Crippen LogP contribution in [0.15, 0.2) is 35.1 Å². The number of benzene rings is 1. The fourth-order valence-electron chi connectivity index (χ4n) is 2.74. The van der Waals surface area contributed by atoms with Crippen molar-refractivity contribution < 1.29 is 9.18 Å². The van der Waals surface area contributed by atoms with Crippen molar-refractivity contribution in [3.8, 4) is 0 Å². The summed E-state index contributed by atoms with van der Waals surface area (Å²) in [5.74, 6) is -0.612. The lowest BCUT2D eigenvalue weighted by Gasteiger charge is -2.13. The van der Waals surface area contributed by atoms with Gasteiger partial charge in [-0.3, -0.25) is 14.2 Å². The fourth-order valence-corrected chi connectivity index (χ4v) is 3.26. The van der Waals surface area contributed by atoms with E-state index in [4.69, 9.17) is 11.6 Å². The van der Waals surface area contributed by atoms with E-state index in [0.29, 0.717) is 27.7 Å². The van der Waals surface area contributed by atoms with Gasteiger partial charge >= 0.3 is 0 Å². The molecule has 0 saturated heterocycles. The van der Waals surface area contributed by atoms with Gasteiger partial charge in [0.1, 0.15) is 11.9 Å². The highest BCUT2D eigenvalue weighted by molar-refractivity contribution is 9.10. The fraction of sp³-hybridized carbons (Fsp3) is 0.278. The molecule has 0 aliphatic heterocycles. The van der Waals surface area contributed by atoms with E-state index in [9.17, 15) is 9.18 Å². The molecule has 0 bridgehead atoms. The van der Waals surface area contributed by atoms with Gasteiger partial charge in [-0.2, -0.15) is 10.2 Å². The number of aromatic nitrogens is 4. The molecule has 1 amide bonds. The molecule has 142 valence electrons. The average Bonchev–Trinajstić information content (AvgIpc) is 3.16. The molecule has 27 heavy (non-hydrogen) atoms. The Kier molecular flexibility index (Phi) is 5.67. The Morgan fingerprint density at radius 2 is 2.15 bits per heavy atom. The molecule has 6 nitrogen and oxygen atoms in total. The van der Waals surface area contributed by atoms with Crippen molar-refractivity contribution in [1.29, 1.82) is 0 Å². The molecule has 1 unspecified atom stereocenters. The van der Waals surface area contributed by atoms with Gasteiger partial charge in [0.05, 0.1) is 34.3 Å². The van der Waals surface area contributed by atoms with E-state index >= 15 is 0 Å². The third-order valence-electron chi connectivity index (χ3n) is 4.35. The van der Waals surface area contributed by atoms with E-state index in [0.717, 1.165) is 4.47 Å². The minimum atomic E-state index is -0.500. The predicted molar refractivity (Wildman–Crippen MR) is 105 cm³/mol. The number of nitrogens with one attached hydrogen (secondary N) is 1. The monoisotopic (exact) mass is 453 g/mol. The van der Waals surface area contributed by atoms with E-state index in [-0.39, 0.29) is 12.5 Å². The van der Waals surface area contributed by atoms with Crippen LogP contribution in [0.5, 0.6) is 0 Å². The van der Waals surface area contributed by atoms with Crippen molar-refractivity contribution in [2.45, 2.75) is 33.4 Å². The average molecular weight is 455 g/mol. The summed E-state index contributed by atoms with van der Waals surface area (Å²) in [7, 11) is 0. The van der Waals surface area contributed by atoms with Crippen molar-refractivity contribution in [1.82, 2.24) is 19.6 Å². The Morgan fingerprint density at radius 3 is 2.78 bits per heavy atom. The third-order valence-corrected chi connectivity index (χ3v) is 5.11. The van der Waals surface area contributed by atoms with E-state index < -0.39 is 11.9 Å². The minimum absolute atomic E-state index is 0.176. The summed E-state index contributed by atoms with van der Waals surface area (Å²) < 4.78 is 18.1. The van der Waals surface area contributed by atoms with Gasteiger partial charge in [0.2, 0.25) is 5.91 Å². The second kappa shape index (κ2) is 7.82. The van der Waals surface area contributed by atoms with Crippen LogP contribution in [-0.2, 0) is 11.3 Å². The number of rotatable bonds is 5. The zero-order valence-electron chi connectivity index (χ0n) is 15.0. The Bertz CT molecular complexity index is 980. The molecule has 1 N–H and O–H groups in total. The van der Waals surface area contributed by atoms with E-state index in [1.807, 2.05) is 6.92 Å². The first-order valence-electron chi connectivity index (χ1n) is 8.25. The number of amides is 1. The molecule has 1 aromatic carbocycles. The molecule has 0 aliphatic carbocycles. The normalized spacial score (nSPS) is 12.2. The van der Waals surface area contributed by atoms with Gasteiger partial charge in [-0.05, 0) is 48.8 Å². The highest BCUT2D eigenvalue weighted by atomic mass is 79.9. The number of aryl methyl sites for hydroxylation is 1. The second-order valence-corrected chi connectivity index (χ2v) is 7.53. The van der Waals surface area contributed by atoms with Crippen LogP contribution >= 0.6 is 27.5 Å². The number of anilines is 1. The Hall–Kier alpha value is -2.19. The number of carbonyl (C=O) groups excluding carboxylic acids is 1. The molecule has 2 aromatic heterocycles. The Labute approximate surface area is 169 Å². The maximum absolute atomic E-state index is 14.1. The highest BCUT2D eigenvalue weighted by Crippen LogP contribution is 2.25. The Morgan fingerprint density at radius 1 is 1.41 bits per heavy atom. The van der Waals surface area contributed by atoms with Gasteiger partial charge in [0, 0.05) is 16.8 Å². The zero-order valence-corrected chi connectivity index (χ0v) is 17.3. The summed E-state index contributed by atoms with van der Waals surface area (Å²) in [5.41, 5.74) is 2.32. The van der Waals surface area contributed by atoms with Crippen LogP contribution in [-0.4, -0.2) is 25.5 Å². The summed E-state index contributed by atoms with van der Waals surface area (Å²) in [6.07, 6.45) is 3.35. The molecule has 9 heteroatoms. The number of nitrogens with zero attached hydrogens (tertiary/aromatic N) is 4. The van der Waals surface area contributed by atoms with Gasteiger partial charge in [0.25, 0.3) is 0 Å². The van der Waals surface area contributed by atoms with Crippen LogP contribution in [0.4, 0.5) is 10.1 Å². The summed E-state index contributed by atoms with van der Waals surface area (Å²) in [6, 6.07) is 4.06. The van der Waals surface area contributed by atoms with E-state index in [2.05, 4.69) is 31.4 Å². The second-order valence-electron chi connectivity index (χ2n) is 6.21. The van der Waals surface area contributed by atoms with Gasteiger partial charge < -0.3 is 5.32 Å².